The number of carbonyl (C=O) groups excluding carboxylic acids is 2. The molecule has 0 spiro atoms. The number of ether oxygens (including phenoxy) is 1. The molecule has 5 nitrogen and oxygen atoms in total. The van der Waals surface area contributed by atoms with Crippen LogP contribution in [-0.2, 0) is 10.2 Å². The van der Waals surface area contributed by atoms with Crippen LogP contribution in [0.1, 0.15) is 32.8 Å². The molecule has 102 valence electrons. The summed E-state index contributed by atoms with van der Waals surface area (Å²) in [5.41, 5.74) is 1.28. The third-order valence-corrected chi connectivity index (χ3v) is 3.10. The topological polar surface area (TPSA) is 67.8 Å². The number of amides is 1. The number of aliphatic imine (C=N–C) groups is 1. The van der Waals surface area contributed by atoms with E-state index in [0.29, 0.717) is 5.75 Å². The summed E-state index contributed by atoms with van der Waals surface area (Å²) in [5, 5.41) is 2.30. The zero-order valence-electron chi connectivity index (χ0n) is 11.4. The second-order valence-corrected chi connectivity index (χ2v) is 4.74. The van der Waals surface area contributed by atoms with Crippen LogP contribution in [0.3, 0.4) is 0 Å². The molecule has 0 unspecified atom stereocenters. The molecule has 0 aromatic heterocycles. The highest BCUT2D eigenvalue weighted by Gasteiger charge is 2.17. The highest BCUT2D eigenvalue weighted by atomic mass is 16.6. The van der Waals surface area contributed by atoms with E-state index in [1.54, 1.807) is 12.1 Å². The van der Waals surface area contributed by atoms with Crippen LogP contribution in [-0.4, -0.2) is 18.8 Å². The average molecular weight is 262 g/mol. The van der Waals surface area contributed by atoms with Crippen molar-refractivity contribution in [2.75, 3.05) is 6.67 Å². The number of rotatable bonds is 5. The second kappa shape index (κ2) is 6.71. The maximum absolute atomic E-state index is 11.3. The number of hydrogen-bond donors (Lipinski definition) is 1. The van der Waals surface area contributed by atoms with Crippen molar-refractivity contribution in [1.29, 1.82) is 0 Å². The quantitative estimate of drug-likeness (QED) is 0.655. The lowest BCUT2D eigenvalue weighted by Crippen LogP contribution is -2.26. The van der Waals surface area contributed by atoms with Crippen LogP contribution in [0.15, 0.2) is 29.3 Å². The molecular weight excluding hydrogens is 244 g/mol. The van der Waals surface area contributed by atoms with Crippen LogP contribution in [0.2, 0.25) is 0 Å². The minimum absolute atomic E-state index is 0.0967. The fraction of sp³-hybridized carbons (Fsp3) is 0.429. The Morgan fingerprint density at radius 2 is 2.00 bits per heavy atom. The molecule has 0 atom stereocenters. The Balaban J connectivity index is 2.62. The van der Waals surface area contributed by atoms with Gasteiger partial charge in [-0.05, 0) is 29.5 Å². The van der Waals surface area contributed by atoms with Crippen molar-refractivity contribution < 1.29 is 14.3 Å². The minimum Gasteiger partial charge on any atom is -0.410 e. The van der Waals surface area contributed by atoms with Gasteiger partial charge in [0, 0.05) is 0 Å². The molecule has 0 saturated heterocycles. The molecular formula is C14H18N2O3. The molecule has 1 aromatic rings. The minimum atomic E-state index is -0.651. The first-order valence-electron chi connectivity index (χ1n) is 6.09. The fourth-order valence-electron chi connectivity index (χ4n) is 1.46. The van der Waals surface area contributed by atoms with Crippen molar-refractivity contribution in [3.8, 4) is 5.75 Å². The Kier molecular flexibility index (Phi) is 5.27. The standard InChI is InChI=1S/C14H18N2O3/c1-4-14(2,3)11-5-7-12(8-6-11)19-13(18)16-9-15-10-17/h5-8H,4,9H2,1-3H3,(H,16,18). The van der Waals surface area contributed by atoms with Gasteiger partial charge in [0.15, 0.2) is 0 Å². The monoisotopic (exact) mass is 262 g/mol. The van der Waals surface area contributed by atoms with Crippen molar-refractivity contribution in [2.24, 2.45) is 4.99 Å². The number of benzene rings is 1. The first-order chi connectivity index (χ1) is 8.99. The first-order valence-corrected chi connectivity index (χ1v) is 6.09. The summed E-state index contributed by atoms with van der Waals surface area (Å²) in [6.45, 7) is 6.31. The number of carbonyl (C=O) groups is 1. The fourth-order valence-corrected chi connectivity index (χ4v) is 1.46. The van der Waals surface area contributed by atoms with Crippen LogP contribution in [0.25, 0.3) is 0 Å². The third-order valence-electron chi connectivity index (χ3n) is 3.10. The number of nitrogens with zero attached hydrogens (tertiary/aromatic N) is 1. The molecule has 1 rings (SSSR count). The Morgan fingerprint density at radius 1 is 1.37 bits per heavy atom. The van der Waals surface area contributed by atoms with Crippen molar-refractivity contribution in [2.45, 2.75) is 32.6 Å². The summed E-state index contributed by atoms with van der Waals surface area (Å²) >= 11 is 0. The van der Waals surface area contributed by atoms with Gasteiger partial charge in [-0.3, -0.25) is 0 Å². The van der Waals surface area contributed by atoms with Crippen LogP contribution >= 0.6 is 0 Å². The van der Waals surface area contributed by atoms with E-state index in [2.05, 4.69) is 31.1 Å². The third kappa shape index (κ3) is 4.56. The zero-order valence-corrected chi connectivity index (χ0v) is 11.4. The lowest BCUT2D eigenvalue weighted by atomic mass is 9.82. The lowest BCUT2D eigenvalue weighted by Gasteiger charge is -2.23. The van der Waals surface area contributed by atoms with Crippen molar-refractivity contribution in [1.82, 2.24) is 5.32 Å². The van der Waals surface area contributed by atoms with E-state index in [1.165, 1.54) is 11.6 Å². The molecule has 19 heavy (non-hydrogen) atoms. The zero-order chi connectivity index (χ0) is 14.3. The molecule has 1 amide bonds. The van der Waals surface area contributed by atoms with Gasteiger partial charge in [-0.25, -0.2) is 9.59 Å². The summed E-state index contributed by atoms with van der Waals surface area (Å²) in [7, 11) is 0. The summed E-state index contributed by atoms with van der Waals surface area (Å²) < 4.78 is 5.02. The molecule has 0 saturated carbocycles. The predicted molar refractivity (Wildman–Crippen MR) is 71.9 cm³/mol. The van der Waals surface area contributed by atoms with E-state index in [9.17, 15) is 9.59 Å². The van der Waals surface area contributed by atoms with E-state index < -0.39 is 6.09 Å². The van der Waals surface area contributed by atoms with E-state index in [-0.39, 0.29) is 12.1 Å². The van der Waals surface area contributed by atoms with Gasteiger partial charge in [0.2, 0.25) is 6.08 Å². The van der Waals surface area contributed by atoms with Crippen LogP contribution < -0.4 is 10.1 Å². The highest BCUT2D eigenvalue weighted by molar-refractivity contribution is 5.70. The van der Waals surface area contributed by atoms with Gasteiger partial charge in [0.1, 0.15) is 12.4 Å². The van der Waals surface area contributed by atoms with Gasteiger partial charge < -0.3 is 10.1 Å². The second-order valence-electron chi connectivity index (χ2n) is 4.74. The van der Waals surface area contributed by atoms with Gasteiger partial charge in [-0.15, -0.1) is 0 Å². The molecule has 0 fully saturated rings. The van der Waals surface area contributed by atoms with E-state index in [0.717, 1.165) is 6.42 Å². The molecule has 0 heterocycles. The highest BCUT2D eigenvalue weighted by Crippen LogP contribution is 2.27. The molecule has 0 bridgehead atoms. The molecule has 1 N–H and O–H groups in total. The normalized spacial score (nSPS) is 10.5. The van der Waals surface area contributed by atoms with Crippen LogP contribution in [0.5, 0.6) is 5.75 Å². The predicted octanol–water partition coefficient (Wildman–Crippen LogP) is 2.76. The first kappa shape index (κ1) is 14.9. The van der Waals surface area contributed by atoms with E-state index in [4.69, 9.17) is 4.74 Å². The largest absolute Gasteiger partial charge is 0.414 e. The van der Waals surface area contributed by atoms with Crippen molar-refractivity contribution in [3.63, 3.8) is 0 Å². The van der Waals surface area contributed by atoms with Crippen LogP contribution in [0, 0.1) is 0 Å². The lowest BCUT2D eigenvalue weighted by molar-refractivity contribution is 0.201. The molecule has 0 aliphatic rings. The maximum atomic E-state index is 11.3. The van der Waals surface area contributed by atoms with Gasteiger partial charge in [0.25, 0.3) is 0 Å². The number of nitrogens with one attached hydrogen (secondary N) is 1. The van der Waals surface area contributed by atoms with Crippen molar-refractivity contribution >= 4 is 12.2 Å². The molecule has 0 aliphatic heterocycles. The van der Waals surface area contributed by atoms with Crippen molar-refractivity contribution in [3.05, 3.63) is 29.8 Å². The Morgan fingerprint density at radius 3 is 2.53 bits per heavy atom. The molecule has 0 aliphatic carbocycles. The van der Waals surface area contributed by atoms with Gasteiger partial charge in [-0.1, -0.05) is 32.9 Å². The Bertz CT molecular complexity index is 474. The summed E-state index contributed by atoms with van der Waals surface area (Å²) in [6, 6.07) is 7.37. The smallest absolute Gasteiger partial charge is 0.410 e. The average Bonchev–Trinajstić information content (AvgIpc) is 2.39. The van der Waals surface area contributed by atoms with Gasteiger partial charge >= 0.3 is 6.09 Å². The van der Waals surface area contributed by atoms with E-state index in [1.807, 2.05) is 12.1 Å². The molecule has 5 heteroatoms. The number of hydrogen-bond acceptors (Lipinski definition) is 4. The van der Waals surface area contributed by atoms with Gasteiger partial charge in [0.05, 0.1) is 0 Å². The SMILES string of the molecule is CCC(C)(C)c1ccc(OC(=O)NCN=C=O)cc1. The summed E-state index contributed by atoms with van der Waals surface area (Å²) in [4.78, 5) is 24.3. The summed E-state index contributed by atoms with van der Waals surface area (Å²) in [6.07, 6.45) is 1.70. The Hall–Kier alpha value is -2.13. The van der Waals surface area contributed by atoms with Crippen LogP contribution in [0.4, 0.5) is 4.79 Å². The molecule has 1 aromatic carbocycles. The summed E-state index contributed by atoms with van der Waals surface area (Å²) in [5.74, 6) is 0.447. The number of isocyanates is 1. The maximum Gasteiger partial charge on any atom is 0.414 e. The Labute approximate surface area is 112 Å². The van der Waals surface area contributed by atoms with Gasteiger partial charge in [-0.2, -0.15) is 4.99 Å². The van der Waals surface area contributed by atoms with E-state index >= 15 is 0 Å². The molecule has 0 radical (unpaired) electrons.